The first-order valence-electron chi connectivity index (χ1n) is 13.5. The first-order valence-corrected chi connectivity index (χ1v) is 13.5. The molecule has 8 aromatic rings. The van der Waals surface area contributed by atoms with Crippen molar-refractivity contribution in [1.29, 1.82) is 0 Å². The molecule has 1 unspecified atom stereocenters. The molecule has 0 saturated heterocycles. The Bertz CT molecular complexity index is 2230. The quantitative estimate of drug-likeness (QED) is 0.246. The third kappa shape index (κ3) is 2.56. The van der Waals surface area contributed by atoms with Gasteiger partial charge in [0, 0.05) is 32.6 Å². The molecule has 6 aromatic carbocycles. The lowest BCUT2D eigenvalue weighted by molar-refractivity contribution is 0.729. The van der Waals surface area contributed by atoms with Crippen molar-refractivity contribution in [3.05, 3.63) is 162 Å². The van der Waals surface area contributed by atoms with Gasteiger partial charge in [-0.25, -0.2) is 0 Å². The molecule has 1 aliphatic heterocycles. The van der Waals surface area contributed by atoms with Gasteiger partial charge in [0.05, 0.1) is 22.1 Å². The molecule has 0 spiro atoms. The molecule has 3 heterocycles. The Balaban J connectivity index is 1.51. The third-order valence-electron chi connectivity index (χ3n) is 8.79. The second-order valence-corrected chi connectivity index (χ2v) is 10.6. The number of nitrogens with zero attached hydrogens (tertiary/aromatic N) is 1. The predicted molar refractivity (Wildman–Crippen MR) is 162 cm³/mol. The van der Waals surface area contributed by atoms with Crippen LogP contribution >= 0.6 is 0 Å². The van der Waals surface area contributed by atoms with Crippen molar-refractivity contribution in [2.45, 2.75) is 5.41 Å². The standard InChI is InChI=1S/C37H24N2/c1-2-11-24(12-3-1)37(25-21-22-27-26-13-4-7-18-32(26)38-33(27)23-25)30-16-6-9-20-35(30)39-34-19-8-5-14-28(34)29-15-10-17-31(37)36(29)39/h1-23,38H. The monoisotopic (exact) mass is 496 g/mol. The average molecular weight is 497 g/mol. The zero-order valence-corrected chi connectivity index (χ0v) is 21.2. The van der Waals surface area contributed by atoms with Crippen LogP contribution in [-0.4, -0.2) is 9.55 Å². The smallest absolute Gasteiger partial charge is 0.0743 e. The van der Waals surface area contributed by atoms with Gasteiger partial charge in [-0.1, -0.05) is 115 Å². The van der Waals surface area contributed by atoms with Crippen LogP contribution in [0.3, 0.4) is 0 Å². The fraction of sp³-hybridized carbons (Fsp3) is 0.0270. The van der Waals surface area contributed by atoms with E-state index in [0.29, 0.717) is 0 Å². The topological polar surface area (TPSA) is 20.7 Å². The number of hydrogen-bond donors (Lipinski definition) is 1. The van der Waals surface area contributed by atoms with Crippen molar-refractivity contribution in [3.8, 4) is 5.69 Å². The van der Waals surface area contributed by atoms with Crippen LogP contribution in [0.25, 0.3) is 49.3 Å². The summed E-state index contributed by atoms with van der Waals surface area (Å²) in [5.41, 5.74) is 10.8. The van der Waals surface area contributed by atoms with Crippen molar-refractivity contribution in [1.82, 2.24) is 9.55 Å². The molecule has 2 heteroatoms. The Morgan fingerprint density at radius 1 is 0.462 bits per heavy atom. The molecule has 182 valence electrons. The zero-order chi connectivity index (χ0) is 25.6. The van der Waals surface area contributed by atoms with Crippen molar-refractivity contribution in [2.24, 2.45) is 0 Å². The van der Waals surface area contributed by atoms with E-state index in [-0.39, 0.29) is 0 Å². The highest BCUT2D eigenvalue weighted by atomic mass is 15.0. The average Bonchev–Trinajstić information content (AvgIpc) is 3.55. The van der Waals surface area contributed by atoms with Gasteiger partial charge < -0.3 is 9.55 Å². The highest BCUT2D eigenvalue weighted by molar-refractivity contribution is 6.12. The molecule has 0 saturated carbocycles. The molecular formula is C37H24N2. The summed E-state index contributed by atoms with van der Waals surface area (Å²) in [6.07, 6.45) is 0. The van der Waals surface area contributed by atoms with E-state index in [9.17, 15) is 0 Å². The van der Waals surface area contributed by atoms with E-state index in [1.165, 1.54) is 71.6 Å². The summed E-state index contributed by atoms with van der Waals surface area (Å²) in [4.78, 5) is 3.71. The van der Waals surface area contributed by atoms with Crippen molar-refractivity contribution in [3.63, 3.8) is 0 Å². The molecule has 39 heavy (non-hydrogen) atoms. The predicted octanol–water partition coefficient (Wildman–Crippen LogP) is 9.11. The molecule has 0 radical (unpaired) electrons. The van der Waals surface area contributed by atoms with Gasteiger partial charge in [0.15, 0.2) is 0 Å². The minimum atomic E-state index is -0.479. The van der Waals surface area contributed by atoms with Crippen LogP contribution in [0.5, 0.6) is 0 Å². The minimum Gasteiger partial charge on any atom is -0.355 e. The maximum absolute atomic E-state index is 3.71. The van der Waals surface area contributed by atoms with E-state index in [1.54, 1.807) is 0 Å². The summed E-state index contributed by atoms with van der Waals surface area (Å²) >= 11 is 0. The summed E-state index contributed by atoms with van der Waals surface area (Å²) in [5.74, 6) is 0. The van der Waals surface area contributed by atoms with Crippen molar-refractivity contribution < 1.29 is 0 Å². The van der Waals surface area contributed by atoms with Crippen LogP contribution in [0.4, 0.5) is 0 Å². The van der Waals surface area contributed by atoms with Gasteiger partial charge in [-0.05, 0) is 46.5 Å². The number of benzene rings is 6. The van der Waals surface area contributed by atoms with Gasteiger partial charge in [-0.2, -0.15) is 0 Å². The molecule has 2 nitrogen and oxygen atoms in total. The first-order chi connectivity index (χ1) is 19.4. The van der Waals surface area contributed by atoms with Crippen LogP contribution in [0, 0.1) is 0 Å². The maximum atomic E-state index is 3.71. The Morgan fingerprint density at radius 3 is 2.08 bits per heavy atom. The van der Waals surface area contributed by atoms with E-state index in [1.807, 2.05) is 0 Å². The fourth-order valence-corrected chi connectivity index (χ4v) is 7.27. The number of nitrogens with one attached hydrogen (secondary N) is 1. The maximum Gasteiger partial charge on any atom is 0.0743 e. The molecule has 0 amide bonds. The molecule has 1 atom stereocenters. The van der Waals surface area contributed by atoms with E-state index < -0.39 is 5.41 Å². The molecule has 1 aliphatic rings. The molecule has 2 aromatic heterocycles. The Labute approximate surface area is 225 Å². The minimum absolute atomic E-state index is 0.479. The molecular weight excluding hydrogens is 472 g/mol. The van der Waals surface area contributed by atoms with Crippen LogP contribution < -0.4 is 0 Å². The van der Waals surface area contributed by atoms with Crippen LogP contribution in [0.15, 0.2) is 140 Å². The van der Waals surface area contributed by atoms with E-state index >= 15 is 0 Å². The summed E-state index contributed by atoms with van der Waals surface area (Å²) in [6.45, 7) is 0. The van der Waals surface area contributed by atoms with E-state index in [0.717, 1.165) is 0 Å². The summed E-state index contributed by atoms with van der Waals surface area (Å²) in [7, 11) is 0. The lowest BCUT2D eigenvalue weighted by Gasteiger charge is -2.41. The molecule has 9 rings (SSSR count). The molecule has 0 aliphatic carbocycles. The van der Waals surface area contributed by atoms with Crippen LogP contribution in [0.2, 0.25) is 0 Å². The third-order valence-corrected chi connectivity index (χ3v) is 8.79. The second kappa shape index (κ2) is 7.49. The first kappa shape index (κ1) is 20.9. The summed E-state index contributed by atoms with van der Waals surface area (Å²) < 4.78 is 2.48. The number of H-pyrrole nitrogens is 1. The van der Waals surface area contributed by atoms with E-state index in [2.05, 4.69) is 149 Å². The zero-order valence-electron chi connectivity index (χ0n) is 21.2. The number of aromatic amines is 1. The molecule has 1 N–H and O–H groups in total. The van der Waals surface area contributed by atoms with Gasteiger partial charge in [0.2, 0.25) is 0 Å². The second-order valence-electron chi connectivity index (χ2n) is 10.6. The summed E-state index contributed by atoms with van der Waals surface area (Å²) in [5, 5.41) is 5.11. The Kier molecular flexibility index (Phi) is 4.02. The largest absolute Gasteiger partial charge is 0.355 e. The fourth-order valence-electron chi connectivity index (χ4n) is 7.27. The number of aromatic nitrogens is 2. The van der Waals surface area contributed by atoms with Crippen molar-refractivity contribution >= 4 is 43.6 Å². The highest BCUT2D eigenvalue weighted by Crippen LogP contribution is 2.54. The van der Waals surface area contributed by atoms with Crippen LogP contribution in [-0.2, 0) is 5.41 Å². The van der Waals surface area contributed by atoms with Gasteiger partial charge in [-0.15, -0.1) is 0 Å². The van der Waals surface area contributed by atoms with Crippen molar-refractivity contribution in [2.75, 3.05) is 0 Å². The van der Waals surface area contributed by atoms with Gasteiger partial charge in [0.1, 0.15) is 0 Å². The lowest BCUT2D eigenvalue weighted by atomic mass is 9.63. The van der Waals surface area contributed by atoms with E-state index in [4.69, 9.17) is 0 Å². The number of hydrogen-bond acceptors (Lipinski definition) is 0. The number of fused-ring (bicyclic) bond motifs is 8. The normalized spacial score (nSPS) is 16.3. The van der Waals surface area contributed by atoms with Crippen LogP contribution in [0.1, 0.15) is 22.3 Å². The molecule has 0 fully saturated rings. The van der Waals surface area contributed by atoms with Gasteiger partial charge >= 0.3 is 0 Å². The number of rotatable bonds is 2. The molecule has 0 bridgehead atoms. The SMILES string of the molecule is c1ccc(C2(c3ccc4c(c3)[nH]c3ccccc34)c3ccccc3-n3c4ccccc4c4cccc2c43)cc1. The van der Waals surface area contributed by atoms with Gasteiger partial charge in [0.25, 0.3) is 0 Å². The Hall–Kier alpha value is -5.08. The summed E-state index contributed by atoms with van der Waals surface area (Å²) in [6, 6.07) is 51.3. The number of para-hydroxylation sites is 4. The lowest BCUT2D eigenvalue weighted by Crippen LogP contribution is -2.35. The Morgan fingerprint density at radius 2 is 1.15 bits per heavy atom. The highest BCUT2D eigenvalue weighted by Gasteiger charge is 2.45. The van der Waals surface area contributed by atoms with Gasteiger partial charge in [-0.3, -0.25) is 0 Å².